The molecule has 0 bridgehead atoms. The monoisotopic (exact) mass is 67.1 g/mol. The zero-order valence-corrected chi connectivity index (χ0v) is 3.73. The molecule has 0 saturated heterocycles. The summed E-state index contributed by atoms with van der Waals surface area (Å²) in [5, 5.41) is 0. The standard InChI is InChI=1S/C4H8B/c1-4-5(2)3/h1,4H,2-3H3. The van der Waals surface area contributed by atoms with Gasteiger partial charge in [-0.2, -0.15) is 0 Å². The molecular weight excluding hydrogens is 58.9 g/mol. The summed E-state index contributed by atoms with van der Waals surface area (Å²) in [6.07, 6.45) is 0. The van der Waals surface area contributed by atoms with Gasteiger partial charge >= 0.3 is 0 Å². The largest absolute Gasteiger partial charge is 0.160 e. The van der Waals surface area contributed by atoms with Crippen molar-refractivity contribution < 1.29 is 0 Å². The smallest absolute Gasteiger partial charge is 0.116 e. The second kappa shape index (κ2) is 2.07. The third kappa shape index (κ3) is 3.80. The van der Waals surface area contributed by atoms with Gasteiger partial charge in [0.15, 0.2) is 6.71 Å². The van der Waals surface area contributed by atoms with Crippen molar-refractivity contribution in [2.45, 2.75) is 13.6 Å². The van der Waals surface area contributed by atoms with Crippen LogP contribution in [0.1, 0.15) is 0 Å². The van der Waals surface area contributed by atoms with Crippen LogP contribution in [0.3, 0.4) is 0 Å². The molecule has 0 aliphatic rings. The summed E-state index contributed by atoms with van der Waals surface area (Å²) in [5.74, 6) is 1.67. The van der Waals surface area contributed by atoms with Crippen LogP contribution in [0.4, 0.5) is 0 Å². The second-order valence-electron chi connectivity index (χ2n) is 1.44. The predicted molar refractivity (Wildman–Crippen MR) is 26.4 cm³/mol. The van der Waals surface area contributed by atoms with Crippen molar-refractivity contribution in [1.82, 2.24) is 0 Å². The molecule has 0 aliphatic heterocycles. The maximum Gasteiger partial charge on any atom is 0.160 e. The minimum Gasteiger partial charge on any atom is -0.116 e. The lowest BCUT2D eigenvalue weighted by Crippen LogP contribution is -1.89. The van der Waals surface area contributed by atoms with Gasteiger partial charge in [0.25, 0.3) is 0 Å². The zero-order chi connectivity index (χ0) is 4.28. The van der Waals surface area contributed by atoms with Gasteiger partial charge in [-0.25, -0.2) is 0 Å². The number of rotatable bonds is 1. The maximum absolute atomic E-state index is 5.05. The fourth-order valence-electron chi connectivity index (χ4n) is 0. The topological polar surface area (TPSA) is 0 Å². The van der Waals surface area contributed by atoms with Crippen LogP contribution in [0, 0.1) is 6.58 Å². The van der Waals surface area contributed by atoms with E-state index in [0.717, 1.165) is 0 Å². The van der Waals surface area contributed by atoms with E-state index in [1.807, 2.05) is 13.6 Å². The lowest BCUT2D eigenvalue weighted by Gasteiger charge is -1.77. The molecular formula is C4H8B. The molecule has 0 aliphatic carbocycles. The summed E-state index contributed by atoms with van der Waals surface area (Å²) < 4.78 is 0. The average Bonchev–Trinajstić information content (AvgIpc) is 1.38. The van der Waals surface area contributed by atoms with Gasteiger partial charge in [0.1, 0.15) is 0 Å². The van der Waals surface area contributed by atoms with Gasteiger partial charge in [-0.05, 0) is 0 Å². The summed E-state index contributed by atoms with van der Waals surface area (Å²) in [5.41, 5.74) is 0. The van der Waals surface area contributed by atoms with Crippen molar-refractivity contribution in [1.29, 1.82) is 0 Å². The molecule has 0 heterocycles. The molecule has 27 valence electrons. The third-order valence-electron chi connectivity index (χ3n) is 0.385. The van der Waals surface area contributed by atoms with Crippen molar-refractivity contribution in [3.8, 4) is 0 Å². The van der Waals surface area contributed by atoms with E-state index >= 15 is 0 Å². The summed E-state index contributed by atoms with van der Waals surface area (Å²) in [4.78, 5) is 0. The molecule has 0 aromatic rings. The highest BCUT2D eigenvalue weighted by atomic mass is 13.3. The Bertz CT molecular complexity index is 30.6. The van der Waals surface area contributed by atoms with Crippen molar-refractivity contribution in [3.63, 3.8) is 0 Å². The molecule has 0 aromatic carbocycles. The van der Waals surface area contributed by atoms with Crippen LogP contribution in [-0.4, -0.2) is 6.71 Å². The lowest BCUT2D eigenvalue weighted by molar-refractivity contribution is 2.00. The highest BCUT2D eigenvalue weighted by molar-refractivity contribution is 6.61. The molecule has 0 spiro atoms. The summed E-state index contributed by atoms with van der Waals surface area (Å²) in [6.45, 7) is 9.67. The second-order valence-corrected chi connectivity index (χ2v) is 1.44. The Balaban J connectivity index is 2.83. The van der Waals surface area contributed by atoms with E-state index in [1.165, 1.54) is 0 Å². The van der Waals surface area contributed by atoms with E-state index in [2.05, 4.69) is 0 Å². The molecule has 0 fully saturated rings. The van der Waals surface area contributed by atoms with Crippen LogP contribution in [0.5, 0.6) is 0 Å². The average molecular weight is 66.9 g/mol. The predicted octanol–water partition coefficient (Wildman–Crippen LogP) is 1.27. The Morgan fingerprint density at radius 1 is 1.60 bits per heavy atom. The summed E-state index contributed by atoms with van der Waals surface area (Å²) in [6, 6.07) is 0. The van der Waals surface area contributed by atoms with Crippen molar-refractivity contribution in [2.75, 3.05) is 0 Å². The number of hydrogen-bond acceptors (Lipinski definition) is 0. The number of hydrogen-bond donors (Lipinski definition) is 0. The van der Waals surface area contributed by atoms with E-state index in [1.54, 1.807) is 5.98 Å². The summed E-state index contributed by atoms with van der Waals surface area (Å²) in [7, 11) is 0. The molecule has 0 unspecified atom stereocenters. The van der Waals surface area contributed by atoms with Gasteiger partial charge in [-0.1, -0.05) is 20.2 Å². The Kier molecular flexibility index (Phi) is 1.99. The molecule has 1 radical (unpaired) electrons. The van der Waals surface area contributed by atoms with Gasteiger partial charge < -0.3 is 0 Å². The van der Waals surface area contributed by atoms with E-state index < -0.39 is 0 Å². The van der Waals surface area contributed by atoms with Gasteiger partial charge in [0.05, 0.1) is 0 Å². The molecule has 5 heavy (non-hydrogen) atoms. The molecule has 0 saturated carbocycles. The first kappa shape index (κ1) is 4.80. The first-order valence-corrected chi connectivity index (χ1v) is 1.82. The van der Waals surface area contributed by atoms with Crippen LogP contribution in [0.15, 0.2) is 5.98 Å². The molecule has 0 atom stereocenters. The van der Waals surface area contributed by atoms with Crippen LogP contribution < -0.4 is 0 Å². The zero-order valence-electron chi connectivity index (χ0n) is 3.73. The Labute approximate surface area is 34.0 Å². The fraction of sp³-hybridized carbons (Fsp3) is 0.500. The summed E-state index contributed by atoms with van der Waals surface area (Å²) >= 11 is 0. The third-order valence-corrected chi connectivity index (χ3v) is 0.385. The first-order valence-electron chi connectivity index (χ1n) is 1.82. The minimum absolute atomic E-state index is 0.537. The quantitative estimate of drug-likeness (QED) is 0.405. The van der Waals surface area contributed by atoms with Crippen molar-refractivity contribution in [3.05, 3.63) is 12.6 Å². The van der Waals surface area contributed by atoms with E-state index in [-0.39, 0.29) is 0 Å². The maximum atomic E-state index is 5.05. The molecule has 0 aromatic heterocycles. The van der Waals surface area contributed by atoms with Crippen LogP contribution >= 0.6 is 0 Å². The normalized spacial score (nSPS) is 6.80. The van der Waals surface area contributed by atoms with Gasteiger partial charge in [0.2, 0.25) is 0 Å². The van der Waals surface area contributed by atoms with Crippen LogP contribution in [-0.2, 0) is 0 Å². The van der Waals surface area contributed by atoms with Crippen molar-refractivity contribution >= 4 is 6.71 Å². The highest BCUT2D eigenvalue weighted by Gasteiger charge is 1.82. The highest BCUT2D eigenvalue weighted by Crippen LogP contribution is 1.73. The van der Waals surface area contributed by atoms with Gasteiger partial charge in [0, 0.05) is 0 Å². The molecule has 0 N–H and O–H groups in total. The molecule has 0 amide bonds. The Morgan fingerprint density at radius 2 is 1.80 bits per heavy atom. The Morgan fingerprint density at radius 3 is 1.80 bits per heavy atom. The SMILES string of the molecule is [CH]=CB(C)C. The van der Waals surface area contributed by atoms with Crippen LogP contribution in [0.25, 0.3) is 0 Å². The Hall–Kier alpha value is -0.195. The van der Waals surface area contributed by atoms with Crippen LogP contribution in [0.2, 0.25) is 13.6 Å². The fourth-order valence-corrected chi connectivity index (χ4v) is 0. The molecule has 0 rings (SSSR count). The van der Waals surface area contributed by atoms with Gasteiger partial charge in [-0.3, -0.25) is 0 Å². The van der Waals surface area contributed by atoms with E-state index in [9.17, 15) is 0 Å². The van der Waals surface area contributed by atoms with Crippen molar-refractivity contribution in [2.24, 2.45) is 0 Å². The first-order chi connectivity index (χ1) is 2.27. The molecule has 0 nitrogen and oxygen atoms in total. The van der Waals surface area contributed by atoms with Gasteiger partial charge in [-0.15, -0.1) is 5.98 Å². The van der Waals surface area contributed by atoms with E-state index in [4.69, 9.17) is 6.58 Å². The lowest BCUT2D eigenvalue weighted by atomic mass is 9.55. The minimum atomic E-state index is 0.537. The molecule has 1 heteroatoms. The van der Waals surface area contributed by atoms with E-state index in [0.29, 0.717) is 6.71 Å².